The maximum Gasteiger partial charge on any atom is 0.223 e. The van der Waals surface area contributed by atoms with Crippen LogP contribution in [0.1, 0.15) is 5.69 Å². The minimum absolute atomic E-state index is 0.156. The first-order valence-corrected chi connectivity index (χ1v) is 7.62. The number of fused-ring (bicyclic) bond motifs is 1. The molecule has 3 aromatic heterocycles. The second kappa shape index (κ2) is 6.10. The number of hydrogen-bond donors (Lipinski definition) is 3. The molecule has 0 radical (unpaired) electrons. The van der Waals surface area contributed by atoms with E-state index >= 15 is 0 Å². The van der Waals surface area contributed by atoms with Crippen molar-refractivity contribution in [2.75, 3.05) is 18.4 Å². The highest BCUT2D eigenvalue weighted by Crippen LogP contribution is 2.20. The van der Waals surface area contributed by atoms with Crippen molar-refractivity contribution in [3.63, 3.8) is 0 Å². The summed E-state index contributed by atoms with van der Waals surface area (Å²) in [5.41, 5.74) is 2.58. The van der Waals surface area contributed by atoms with Crippen molar-refractivity contribution >= 4 is 11.6 Å². The number of nitrogens with zero attached hydrogens (tertiary/aromatic N) is 5. The van der Waals surface area contributed by atoms with Gasteiger partial charge in [-0.15, -0.1) is 0 Å². The third kappa shape index (κ3) is 2.68. The number of halogens is 1. The highest BCUT2D eigenvalue weighted by molar-refractivity contribution is 5.60. The SMILES string of the molecule is OCc1cn2c(-c3ccnc(NC4CNCC4F)n3)cnc2cn1. The summed E-state index contributed by atoms with van der Waals surface area (Å²) >= 11 is 0. The lowest BCUT2D eigenvalue weighted by atomic mass is 10.2. The molecule has 0 amide bonds. The number of alkyl halides is 1. The van der Waals surface area contributed by atoms with Gasteiger partial charge in [0.15, 0.2) is 5.65 Å². The second-order valence-corrected chi connectivity index (χ2v) is 5.60. The minimum atomic E-state index is -0.966. The Morgan fingerprint density at radius 1 is 1.29 bits per heavy atom. The predicted molar refractivity (Wildman–Crippen MR) is 85.1 cm³/mol. The lowest BCUT2D eigenvalue weighted by molar-refractivity contribution is 0.276. The van der Waals surface area contributed by atoms with Crippen LogP contribution in [0.3, 0.4) is 0 Å². The lowest BCUT2D eigenvalue weighted by Gasteiger charge is -2.14. The molecule has 1 aliphatic rings. The molecule has 1 saturated heterocycles. The van der Waals surface area contributed by atoms with Crippen molar-refractivity contribution < 1.29 is 9.50 Å². The van der Waals surface area contributed by atoms with Crippen LogP contribution in [0.15, 0.2) is 30.9 Å². The fourth-order valence-electron chi connectivity index (χ4n) is 2.73. The van der Waals surface area contributed by atoms with Crippen LogP contribution < -0.4 is 10.6 Å². The molecule has 124 valence electrons. The molecule has 3 N–H and O–H groups in total. The van der Waals surface area contributed by atoms with Crippen molar-refractivity contribution in [2.45, 2.75) is 18.8 Å². The van der Waals surface area contributed by atoms with Crippen LogP contribution in [0.4, 0.5) is 10.3 Å². The van der Waals surface area contributed by atoms with E-state index < -0.39 is 6.17 Å². The van der Waals surface area contributed by atoms with E-state index in [2.05, 4.69) is 30.6 Å². The largest absolute Gasteiger partial charge is 0.390 e. The Morgan fingerprint density at radius 3 is 3.00 bits per heavy atom. The fourth-order valence-corrected chi connectivity index (χ4v) is 2.73. The van der Waals surface area contributed by atoms with Crippen molar-refractivity contribution in [3.05, 3.63) is 36.5 Å². The van der Waals surface area contributed by atoms with E-state index in [4.69, 9.17) is 0 Å². The number of aromatic nitrogens is 5. The molecule has 4 rings (SSSR count). The first-order valence-electron chi connectivity index (χ1n) is 7.62. The number of aliphatic hydroxyl groups is 1. The van der Waals surface area contributed by atoms with Gasteiger partial charge in [-0.3, -0.25) is 9.38 Å². The molecule has 8 nitrogen and oxygen atoms in total. The predicted octanol–water partition coefficient (Wildman–Crippen LogP) is 0.400. The molecule has 0 spiro atoms. The summed E-state index contributed by atoms with van der Waals surface area (Å²) in [5.74, 6) is 0.371. The zero-order valence-electron chi connectivity index (χ0n) is 12.7. The molecular weight excluding hydrogens is 313 g/mol. The Labute approximate surface area is 136 Å². The maximum atomic E-state index is 13.7. The lowest BCUT2D eigenvalue weighted by Crippen LogP contribution is -2.30. The zero-order chi connectivity index (χ0) is 16.5. The van der Waals surface area contributed by atoms with Crippen LogP contribution >= 0.6 is 0 Å². The number of hydrogen-bond acceptors (Lipinski definition) is 7. The summed E-state index contributed by atoms with van der Waals surface area (Å²) in [7, 11) is 0. The Bertz CT molecular complexity index is 868. The topological polar surface area (TPSA) is 100 Å². The molecule has 2 atom stereocenters. The van der Waals surface area contributed by atoms with E-state index in [1.165, 1.54) is 0 Å². The van der Waals surface area contributed by atoms with Gasteiger partial charge in [0.25, 0.3) is 0 Å². The number of rotatable bonds is 4. The molecule has 0 aromatic carbocycles. The van der Waals surface area contributed by atoms with Gasteiger partial charge in [0.05, 0.1) is 42.1 Å². The molecule has 4 heterocycles. The number of nitrogens with one attached hydrogen (secondary N) is 2. The van der Waals surface area contributed by atoms with Gasteiger partial charge >= 0.3 is 0 Å². The highest BCUT2D eigenvalue weighted by atomic mass is 19.1. The summed E-state index contributed by atoms with van der Waals surface area (Å²) in [5, 5.41) is 15.3. The number of aliphatic hydroxyl groups excluding tert-OH is 1. The van der Waals surface area contributed by atoms with Gasteiger partial charge in [-0.1, -0.05) is 0 Å². The molecule has 9 heteroatoms. The maximum absolute atomic E-state index is 13.7. The third-order valence-corrected chi connectivity index (χ3v) is 3.98. The second-order valence-electron chi connectivity index (χ2n) is 5.60. The molecule has 0 aliphatic carbocycles. The Morgan fingerprint density at radius 2 is 2.21 bits per heavy atom. The number of imidazole rings is 1. The average molecular weight is 329 g/mol. The van der Waals surface area contributed by atoms with Crippen molar-refractivity contribution in [1.82, 2.24) is 29.7 Å². The Balaban J connectivity index is 1.68. The Hall–Kier alpha value is -2.65. The molecule has 0 bridgehead atoms. The minimum Gasteiger partial charge on any atom is -0.390 e. The van der Waals surface area contributed by atoms with Crippen LogP contribution in [0.5, 0.6) is 0 Å². The van der Waals surface area contributed by atoms with E-state index in [0.29, 0.717) is 36.1 Å². The molecule has 2 unspecified atom stereocenters. The molecule has 24 heavy (non-hydrogen) atoms. The van der Waals surface area contributed by atoms with Crippen LogP contribution in [0.25, 0.3) is 17.0 Å². The van der Waals surface area contributed by atoms with Crippen LogP contribution in [-0.4, -0.2) is 54.7 Å². The fraction of sp³-hybridized carbons (Fsp3) is 0.333. The standard InChI is InChI=1S/C15H16FN7O/c16-10-3-17-4-12(10)22-15-18-2-1-11(21-15)13-5-20-14-6-19-9(8-24)7-23(13)14/h1-2,5-7,10,12,17,24H,3-4,8H2,(H,18,21,22). The van der Waals surface area contributed by atoms with E-state index in [-0.39, 0.29) is 12.6 Å². The van der Waals surface area contributed by atoms with Gasteiger partial charge < -0.3 is 15.7 Å². The van der Waals surface area contributed by atoms with E-state index in [9.17, 15) is 9.50 Å². The van der Waals surface area contributed by atoms with Crippen LogP contribution in [-0.2, 0) is 6.61 Å². The van der Waals surface area contributed by atoms with Gasteiger partial charge in [-0.2, -0.15) is 0 Å². The molecule has 3 aromatic rings. The third-order valence-electron chi connectivity index (χ3n) is 3.98. The van der Waals surface area contributed by atoms with Crippen molar-refractivity contribution in [1.29, 1.82) is 0 Å². The first kappa shape index (κ1) is 14.9. The zero-order valence-corrected chi connectivity index (χ0v) is 12.7. The summed E-state index contributed by atoms with van der Waals surface area (Å²) < 4.78 is 15.5. The van der Waals surface area contributed by atoms with Crippen molar-refractivity contribution in [2.24, 2.45) is 0 Å². The van der Waals surface area contributed by atoms with Crippen LogP contribution in [0, 0.1) is 0 Å². The van der Waals surface area contributed by atoms with Crippen molar-refractivity contribution in [3.8, 4) is 11.4 Å². The molecule has 0 saturated carbocycles. The summed E-state index contributed by atoms with van der Waals surface area (Å²) in [6.07, 6.45) is 5.64. The summed E-state index contributed by atoms with van der Waals surface area (Å²) in [4.78, 5) is 17.0. The van der Waals surface area contributed by atoms with Gasteiger partial charge in [0, 0.05) is 25.5 Å². The van der Waals surface area contributed by atoms with E-state index in [1.807, 2.05) is 0 Å². The summed E-state index contributed by atoms with van der Waals surface area (Å²) in [6, 6.07) is 1.42. The highest BCUT2D eigenvalue weighted by Gasteiger charge is 2.27. The van der Waals surface area contributed by atoms with E-state index in [0.717, 1.165) is 5.69 Å². The Kier molecular flexibility index (Phi) is 3.79. The van der Waals surface area contributed by atoms with E-state index in [1.54, 1.807) is 35.3 Å². The normalized spacial score (nSPS) is 20.6. The molecule has 1 fully saturated rings. The molecular formula is C15H16FN7O. The van der Waals surface area contributed by atoms with Crippen LogP contribution in [0.2, 0.25) is 0 Å². The van der Waals surface area contributed by atoms with Gasteiger partial charge in [0.1, 0.15) is 6.17 Å². The van der Waals surface area contributed by atoms with Gasteiger partial charge in [-0.05, 0) is 6.07 Å². The smallest absolute Gasteiger partial charge is 0.223 e. The monoisotopic (exact) mass is 329 g/mol. The quantitative estimate of drug-likeness (QED) is 0.637. The number of anilines is 1. The molecule has 1 aliphatic heterocycles. The summed E-state index contributed by atoms with van der Waals surface area (Å²) in [6.45, 7) is 0.716. The van der Waals surface area contributed by atoms with Gasteiger partial charge in [0.2, 0.25) is 5.95 Å². The van der Waals surface area contributed by atoms with Gasteiger partial charge in [-0.25, -0.2) is 19.3 Å². The average Bonchev–Trinajstić information content (AvgIpc) is 3.21. The first-order chi connectivity index (χ1) is 11.7.